The van der Waals surface area contributed by atoms with Crippen LogP contribution in [0.3, 0.4) is 0 Å². The Hall–Kier alpha value is -2.01. The van der Waals surface area contributed by atoms with Gasteiger partial charge in [-0.3, -0.25) is 4.79 Å². The molecular weight excluding hydrogens is 358 g/mol. The lowest BCUT2D eigenvalue weighted by Gasteiger charge is -2.30. The van der Waals surface area contributed by atoms with Gasteiger partial charge in [0, 0.05) is 11.3 Å². The molecule has 2 unspecified atom stereocenters. The number of rotatable bonds is 5. The SMILES string of the molecule is CC(C)CC1SCC(C(=O)OC(C)C)N1C(=O)c1ccc2ccccc2c1. The van der Waals surface area contributed by atoms with Crippen molar-refractivity contribution in [2.24, 2.45) is 5.92 Å². The summed E-state index contributed by atoms with van der Waals surface area (Å²) in [5.74, 6) is 0.622. The molecule has 0 N–H and O–H groups in total. The van der Waals surface area contributed by atoms with Gasteiger partial charge in [-0.15, -0.1) is 11.8 Å². The first kappa shape index (κ1) is 19.7. The van der Waals surface area contributed by atoms with Gasteiger partial charge in [0.15, 0.2) is 0 Å². The van der Waals surface area contributed by atoms with Gasteiger partial charge in [-0.2, -0.15) is 0 Å². The van der Waals surface area contributed by atoms with Gasteiger partial charge in [0.1, 0.15) is 6.04 Å². The van der Waals surface area contributed by atoms with Crippen LogP contribution in [0.1, 0.15) is 44.5 Å². The average molecular weight is 386 g/mol. The predicted molar refractivity (Wildman–Crippen MR) is 111 cm³/mol. The zero-order valence-corrected chi connectivity index (χ0v) is 17.2. The van der Waals surface area contributed by atoms with Gasteiger partial charge in [-0.05, 0) is 49.1 Å². The fourth-order valence-corrected chi connectivity index (χ4v) is 5.01. The van der Waals surface area contributed by atoms with Crippen molar-refractivity contribution >= 4 is 34.4 Å². The molecule has 0 bridgehead atoms. The van der Waals surface area contributed by atoms with Crippen molar-refractivity contribution in [1.29, 1.82) is 0 Å². The Kier molecular flexibility index (Phi) is 6.10. The van der Waals surface area contributed by atoms with Crippen LogP contribution in [0.2, 0.25) is 0 Å². The molecule has 0 radical (unpaired) electrons. The molecule has 27 heavy (non-hydrogen) atoms. The molecule has 1 aliphatic rings. The maximum atomic E-state index is 13.4. The fourth-order valence-electron chi connectivity index (χ4n) is 3.38. The van der Waals surface area contributed by atoms with Crippen molar-refractivity contribution in [2.75, 3.05) is 5.75 Å². The van der Waals surface area contributed by atoms with Crippen LogP contribution in [0.25, 0.3) is 10.8 Å². The van der Waals surface area contributed by atoms with Gasteiger partial charge < -0.3 is 9.64 Å². The number of carbonyl (C=O) groups excluding carboxylic acids is 2. The fraction of sp³-hybridized carbons (Fsp3) is 0.455. The molecule has 0 spiro atoms. The highest BCUT2D eigenvalue weighted by Gasteiger charge is 2.43. The third-order valence-electron chi connectivity index (χ3n) is 4.62. The van der Waals surface area contributed by atoms with E-state index in [0.29, 0.717) is 17.2 Å². The van der Waals surface area contributed by atoms with Crippen LogP contribution in [0, 0.1) is 5.92 Å². The third kappa shape index (κ3) is 4.46. The van der Waals surface area contributed by atoms with Crippen LogP contribution >= 0.6 is 11.8 Å². The first-order valence-corrected chi connectivity index (χ1v) is 10.5. The average Bonchev–Trinajstić information content (AvgIpc) is 3.03. The molecule has 2 aromatic carbocycles. The highest BCUT2D eigenvalue weighted by molar-refractivity contribution is 8.00. The van der Waals surface area contributed by atoms with Gasteiger partial charge in [-0.25, -0.2) is 4.79 Å². The number of esters is 1. The summed E-state index contributed by atoms with van der Waals surface area (Å²) in [7, 11) is 0. The van der Waals surface area contributed by atoms with Gasteiger partial charge in [0.05, 0.1) is 11.5 Å². The standard InChI is InChI=1S/C22H27NO3S/c1-14(2)11-20-23(19(13-27-20)22(25)26-15(3)4)21(24)18-10-9-16-7-5-6-8-17(16)12-18/h5-10,12,14-15,19-20H,11,13H2,1-4H3. The van der Waals surface area contributed by atoms with E-state index in [-0.39, 0.29) is 23.4 Å². The van der Waals surface area contributed by atoms with Crippen molar-refractivity contribution < 1.29 is 14.3 Å². The molecule has 0 aliphatic carbocycles. The summed E-state index contributed by atoms with van der Waals surface area (Å²) in [6, 6.07) is 13.2. The van der Waals surface area contributed by atoms with E-state index in [0.717, 1.165) is 17.2 Å². The maximum absolute atomic E-state index is 13.4. The number of nitrogens with zero attached hydrogens (tertiary/aromatic N) is 1. The van der Waals surface area contributed by atoms with Gasteiger partial charge in [-0.1, -0.05) is 44.2 Å². The largest absolute Gasteiger partial charge is 0.461 e. The maximum Gasteiger partial charge on any atom is 0.330 e. The Balaban J connectivity index is 1.92. The summed E-state index contributed by atoms with van der Waals surface area (Å²) in [6.07, 6.45) is 0.666. The molecule has 1 saturated heterocycles. The molecule has 5 heteroatoms. The van der Waals surface area contributed by atoms with E-state index in [1.54, 1.807) is 16.7 Å². The summed E-state index contributed by atoms with van der Waals surface area (Å²) in [4.78, 5) is 27.8. The topological polar surface area (TPSA) is 46.6 Å². The second-order valence-corrected chi connectivity index (χ2v) is 8.90. The van der Waals surface area contributed by atoms with E-state index in [9.17, 15) is 9.59 Å². The lowest BCUT2D eigenvalue weighted by atomic mass is 10.0. The summed E-state index contributed by atoms with van der Waals surface area (Å²) in [5.41, 5.74) is 0.618. The number of carbonyl (C=O) groups is 2. The van der Waals surface area contributed by atoms with Crippen molar-refractivity contribution in [2.45, 2.75) is 51.6 Å². The number of benzene rings is 2. The van der Waals surface area contributed by atoms with E-state index in [1.807, 2.05) is 56.3 Å². The number of thioether (sulfide) groups is 1. The van der Waals surface area contributed by atoms with Crippen molar-refractivity contribution in [3.63, 3.8) is 0 Å². The van der Waals surface area contributed by atoms with Gasteiger partial charge in [0.25, 0.3) is 5.91 Å². The summed E-state index contributed by atoms with van der Waals surface area (Å²) in [6.45, 7) is 7.94. The highest BCUT2D eigenvalue weighted by Crippen LogP contribution is 2.35. The number of amides is 1. The number of hydrogen-bond acceptors (Lipinski definition) is 4. The zero-order chi connectivity index (χ0) is 19.6. The monoisotopic (exact) mass is 385 g/mol. The van der Waals surface area contributed by atoms with Crippen LogP contribution < -0.4 is 0 Å². The molecule has 1 amide bonds. The first-order valence-electron chi connectivity index (χ1n) is 9.50. The molecule has 1 fully saturated rings. The van der Waals surface area contributed by atoms with E-state index < -0.39 is 6.04 Å². The minimum absolute atomic E-state index is 0.00585. The summed E-state index contributed by atoms with van der Waals surface area (Å²) in [5, 5.41) is 2.12. The van der Waals surface area contributed by atoms with Crippen molar-refractivity contribution in [1.82, 2.24) is 4.90 Å². The Labute approximate surface area is 165 Å². The summed E-state index contributed by atoms with van der Waals surface area (Å²) < 4.78 is 5.43. The second-order valence-electron chi connectivity index (χ2n) is 7.69. The number of hydrogen-bond donors (Lipinski definition) is 0. The third-order valence-corrected chi connectivity index (χ3v) is 5.93. The molecule has 0 aromatic heterocycles. The van der Waals surface area contributed by atoms with Crippen LogP contribution in [-0.4, -0.2) is 40.0 Å². The Morgan fingerprint density at radius 2 is 1.81 bits per heavy atom. The van der Waals surface area contributed by atoms with Crippen LogP contribution in [0.15, 0.2) is 42.5 Å². The van der Waals surface area contributed by atoms with Gasteiger partial charge >= 0.3 is 5.97 Å². The first-order chi connectivity index (χ1) is 12.9. The molecule has 4 nitrogen and oxygen atoms in total. The van der Waals surface area contributed by atoms with E-state index in [2.05, 4.69) is 13.8 Å². The van der Waals surface area contributed by atoms with Crippen LogP contribution in [0.4, 0.5) is 0 Å². The quantitative estimate of drug-likeness (QED) is 0.699. The van der Waals surface area contributed by atoms with Crippen LogP contribution in [-0.2, 0) is 9.53 Å². The molecule has 1 aliphatic heterocycles. The number of fused-ring (bicyclic) bond motifs is 1. The molecule has 1 heterocycles. The van der Waals surface area contributed by atoms with Gasteiger partial charge in [0.2, 0.25) is 0 Å². The molecule has 2 atom stereocenters. The number of ether oxygens (including phenoxy) is 1. The Morgan fingerprint density at radius 3 is 2.48 bits per heavy atom. The van der Waals surface area contributed by atoms with E-state index in [1.165, 1.54) is 0 Å². The Bertz CT molecular complexity index is 833. The van der Waals surface area contributed by atoms with E-state index >= 15 is 0 Å². The molecule has 3 rings (SSSR count). The molecule has 144 valence electrons. The van der Waals surface area contributed by atoms with Crippen LogP contribution in [0.5, 0.6) is 0 Å². The molecular formula is C22H27NO3S. The molecule has 0 saturated carbocycles. The minimum Gasteiger partial charge on any atom is -0.461 e. The highest BCUT2D eigenvalue weighted by atomic mass is 32.2. The predicted octanol–water partition coefficient (Wildman–Crippen LogP) is 4.72. The minimum atomic E-state index is -0.528. The summed E-state index contributed by atoms with van der Waals surface area (Å²) >= 11 is 1.67. The zero-order valence-electron chi connectivity index (χ0n) is 16.3. The second kappa shape index (κ2) is 8.34. The smallest absolute Gasteiger partial charge is 0.330 e. The lowest BCUT2D eigenvalue weighted by molar-refractivity contribution is -0.152. The normalized spacial score (nSPS) is 19.9. The molecule has 2 aromatic rings. The lowest BCUT2D eigenvalue weighted by Crippen LogP contribution is -2.47. The van der Waals surface area contributed by atoms with Crippen molar-refractivity contribution in [3.8, 4) is 0 Å². The van der Waals surface area contributed by atoms with E-state index in [4.69, 9.17) is 4.74 Å². The Morgan fingerprint density at radius 1 is 1.11 bits per heavy atom. The van der Waals surface area contributed by atoms with Crippen molar-refractivity contribution in [3.05, 3.63) is 48.0 Å².